The number of halogens is 1. The lowest BCUT2D eigenvalue weighted by Gasteiger charge is -2.11. The predicted octanol–water partition coefficient (Wildman–Crippen LogP) is 4.10. The minimum Gasteiger partial charge on any atom is -0.322 e. The second-order valence-corrected chi connectivity index (χ2v) is 7.49. The fourth-order valence-electron chi connectivity index (χ4n) is 2.57. The molecule has 156 valence electrons. The number of anilines is 2. The molecule has 0 unspecified atom stereocenters. The fraction of sp³-hybridized carbons (Fsp3) is 0.0435. The number of hydrogen-bond donors (Lipinski definition) is 3. The summed E-state index contributed by atoms with van der Waals surface area (Å²) >= 11 is 3.33. The number of carbonyl (C=O) groups excluding carboxylic acids is 3. The lowest BCUT2D eigenvalue weighted by atomic mass is 10.1. The van der Waals surface area contributed by atoms with Gasteiger partial charge in [0.25, 0.3) is 5.91 Å². The number of para-hydroxylation sites is 1. The summed E-state index contributed by atoms with van der Waals surface area (Å²) in [6.45, 7) is 1.96. The number of amides is 3. The van der Waals surface area contributed by atoms with E-state index in [0.717, 1.165) is 15.6 Å². The van der Waals surface area contributed by atoms with E-state index in [2.05, 4.69) is 37.1 Å². The molecule has 0 heterocycles. The second-order valence-electron chi connectivity index (χ2n) is 6.57. The van der Waals surface area contributed by atoms with Crippen LogP contribution >= 0.6 is 15.9 Å². The summed E-state index contributed by atoms with van der Waals surface area (Å²) < 4.78 is 0.884. The Balaban J connectivity index is 1.63. The van der Waals surface area contributed by atoms with Crippen LogP contribution in [0.15, 0.2) is 82.4 Å². The molecule has 31 heavy (non-hydrogen) atoms. The monoisotopic (exact) mass is 478 g/mol. The Bertz CT molecular complexity index is 1130. The molecule has 7 nitrogen and oxygen atoms in total. The van der Waals surface area contributed by atoms with Crippen molar-refractivity contribution in [2.45, 2.75) is 6.92 Å². The summed E-state index contributed by atoms with van der Waals surface area (Å²) in [6, 6.07) is 21.0. The standard InChI is InChI=1S/C23H19BrN4O3/c1-15-6-8-16(9-7-15)14-25-28-23(31)22(30)27-20-5-3-2-4-19(20)21(29)26-18-12-10-17(24)11-13-18/h2-14H,1H3,(H,26,29)(H,27,30)(H,28,31)/b25-14-. The van der Waals surface area contributed by atoms with Crippen molar-refractivity contribution in [1.29, 1.82) is 0 Å². The summed E-state index contributed by atoms with van der Waals surface area (Å²) in [7, 11) is 0. The summed E-state index contributed by atoms with van der Waals surface area (Å²) in [5.74, 6) is -2.31. The summed E-state index contributed by atoms with van der Waals surface area (Å²) in [5, 5.41) is 8.98. The third kappa shape index (κ3) is 6.35. The summed E-state index contributed by atoms with van der Waals surface area (Å²) in [4.78, 5) is 36.9. The Morgan fingerprint density at radius 2 is 1.52 bits per heavy atom. The van der Waals surface area contributed by atoms with Crippen LogP contribution in [0, 0.1) is 6.92 Å². The largest absolute Gasteiger partial charge is 0.329 e. The Morgan fingerprint density at radius 3 is 2.23 bits per heavy atom. The van der Waals surface area contributed by atoms with Crippen molar-refractivity contribution in [3.05, 3.63) is 94.0 Å². The molecule has 0 fully saturated rings. The molecule has 0 aliphatic rings. The number of carbonyl (C=O) groups is 3. The first-order chi connectivity index (χ1) is 14.9. The number of nitrogens with one attached hydrogen (secondary N) is 3. The van der Waals surface area contributed by atoms with Crippen LogP contribution in [0.4, 0.5) is 11.4 Å². The molecule has 8 heteroatoms. The van der Waals surface area contributed by atoms with Crippen molar-refractivity contribution in [2.24, 2.45) is 5.10 Å². The maximum Gasteiger partial charge on any atom is 0.329 e. The number of benzene rings is 3. The molecule has 0 saturated heterocycles. The minimum atomic E-state index is -0.952. The highest BCUT2D eigenvalue weighted by Crippen LogP contribution is 2.19. The Hall–Kier alpha value is -3.78. The van der Waals surface area contributed by atoms with Gasteiger partial charge in [-0.3, -0.25) is 14.4 Å². The zero-order valence-corrected chi connectivity index (χ0v) is 18.1. The third-order valence-corrected chi connectivity index (χ3v) is 4.71. The Labute approximate surface area is 187 Å². The van der Waals surface area contributed by atoms with E-state index in [4.69, 9.17) is 0 Å². The van der Waals surface area contributed by atoms with Gasteiger partial charge in [-0.2, -0.15) is 5.10 Å². The van der Waals surface area contributed by atoms with E-state index >= 15 is 0 Å². The number of nitrogens with zero attached hydrogens (tertiary/aromatic N) is 1. The highest BCUT2D eigenvalue weighted by molar-refractivity contribution is 9.10. The first-order valence-corrected chi connectivity index (χ1v) is 10.1. The maximum atomic E-state index is 12.6. The van der Waals surface area contributed by atoms with Gasteiger partial charge in [0.2, 0.25) is 0 Å². The molecule has 0 aromatic heterocycles. The molecule has 0 atom stereocenters. The van der Waals surface area contributed by atoms with E-state index in [-0.39, 0.29) is 11.3 Å². The van der Waals surface area contributed by atoms with Gasteiger partial charge < -0.3 is 10.6 Å². The average Bonchev–Trinajstić information content (AvgIpc) is 2.77. The molecule has 3 aromatic carbocycles. The van der Waals surface area contributed by atoms with Crippen molar-refractivity contribution < 1.29 is 14.4 Å². The lowest BCUT2D eigenvalue weighted by Crippen LogP contribution is -2.33. The second kappa shape index (κ2) is 10.3. The molecule has 3 rings (SSSR count). The highest BCUT2D eigenvalue weighted by Gasteiger charge is 2.17. The fourth-order valence-corrected chi connectivity index (χ4v) is 2.83. The lowest BCUT2D eigenvalue weighted by molar-refractivity contribution is -0.136. The van der Waals surface area contributed by atoms with Gasteiger partial charge in [0.05, 0.1) is 17.5 Å². The number of hydrazone groups is 1. The van der Waals surface area contributed by atoms with Crippen LogP contribution in [0.2, 0.25) is 0 Å². The molecule has 0 spiro atoms. The maximum absolute atomic E-state index is 12.6. The van der Waals surface area contributed by atoms with Crippen LogP contribution in [-0.4, -0.2) is 23.9 Å². The summed E-state index contributed by atoms with van der Waals surface area (Å²) in [5.41, 5.74) is 5.07. The number of rotatable bonds is 5. The smallest absolute Gasteiger partial charge is 0.322 e. The van der Waals surface area contributed by atoms with E-state index in [0.29, 0.717) is 5.69 Å². The molecule has 3 amide bonds. The van der Waals surface area contributed by atoms with Crippen molar-refractivity contribution in [1.82, 2.24) is 5.43 Å². The van der Waals surface area contributed by atoms with Crippen LogP contribution < -0.4 is 16.1 Å². The van der Waals surface area contributed by atoms with Crippen molar-refractivity contribution in [3.63, 3.8) is 0 Å². The van der Waals surface area contributed by atoms with Gasteiger partial charge >= 0.3 is 11.8 Å². The normalized spacial score (nSPS) is 10.5. The van der Waals surface area contributed by atoms with E-state index in [1.165, 1.54) is 12.3 Å². The predicted molar refractivity (Wildman–Crippen MR) is 124 cm³/mol. The third-order valence-electron chi connectivity index (χ3n) is 4.19. The Morgan fingerprint density at radius 1 is 0.839 bits per heavy atom. The number of hydrogen-bond acceptors (Lipinski definition) is 4. The molecule has 0 radical (unpaired) electrons. The van der Waals surface area contributed by atoms with Crippen molar-refractivity contribution in [2.75, 3.05) is 10.6 Å². The van der Waals surface area contributed by atoms with Crippen LogP contribution in [0.5, 0.6) is 0 Å². The van der Waals surface area contributed by atoms with Crippen molar-refractivity contribution >= 4 is 51.2 Å². The first kappa shape index (κ1) is 21.9. The molecule has 0 aliphatic heterocycles. The van der Waals surface area contributed by atoms with Crippen LogP contribution in [0.1, 0.15) is 21.5 Å². The van der Waals surface area contributed by atoms with Crippen molar-refractivity contribution in [3.8, 4) is 0 Å². The zero-order chi connectivity index (χ0) is 22.2. The molecule has 0 saturated carbocycles. The molecular formula is C23H19BrN4O3. The minimum absolute atomic E-state index is 0.208. The Kier molecular flexibility index (Phi) is 7.29. The first-order valence-electron chi connectivity index (χ1n) is 9.29. The van der Waals surface area contributed by atoms with Gasteiger partial charge in [-0.1, -0.05) is 57.9 Å². The van der Waals surface area contributed by atoms with E-state index < -0.39 is 17.7 Å². The van der Waals surface area contributed by atoms with Gasteiger partial charge in [0, 0.05) is 10.2 Å². The van der Waals surface area contributed by atoms with Crippen LogP contribution in [0.3, 0.4) is 0 Å². The van der Waals surface area contributed by atoms with Gasteiger partial charge in [0.15, 0.2) is 0 Å². The average molecular weight is 479 g/mol. The quantitative estimate of drug-likeness (QED) is 0.292. The van der Waals surface area contributed by atoms with Gasteiger partial charge in [-0.25, -0.2) is 5.43 Å². The molecular weight excluding hydrogens is 460 g/mol. The SMILES string of the molecule is Cc1ccc(/C=N\NC(=O)C(=O)Nc2ccccc2C(=O)Nc2ccc(Br)cc2)cc1. The topological polar surface area (TPSA) is 99.7 Å². The summed E-state index contributed by atoms with van der Waals surface area (Å²) in [6.07, 6.45) is 1.43. The molecule has 3 N–H and O–H groups in total. The molecule has 3 aromatic rings. The van der Waals surface area contributed by atoms with Gasteiger partial charge in [-0.05, 0) is 48.9 Å². The van der Waals surface area contributed by atoms with E-state index in [1.807, 2.05) is 31.2 Å². The number of aryl methyl sites for hydroxylation is 1. The van der Waals surface area contributed by atoms with Crippen LogP contribution in [-0.2, 0) is 9.59 Å². The van der Waals surface area contributed by atoms with Crippen LogP contribution in [0.25, 0.3) is 0 Å². The molecule has 0 bridgehead atoms. The molecule has 0 aliphatic carbocycles. The highest BCUT2D eigenvalue weighted by atomic mass is 79.9. The van der Waals surface area contributed by atoms with E-state index in [1.54, 1.807) is 42.5 Å². The van der Waals surface area contributed by atoms with E-state index in [9.17, 15) is 14.4 Å². The zero-order valence-electron chi connectivity index (χ0n) is 16.6. The van der Waals surface area contributed by atoms with Gasteiger partial charge in [0.1, 0.15) is 0 Å². The van der Waals surface area contributed by atoms with Gasteiger partial charge in [-0.15, -0.1) is 0 Å².